The molecule has 0 amide bonds. The zero-order valence-corrected chi connectivity index (χ0v) is 11.4. The van der Waals surface area contributed by atoms with Crippen LogP contribution in [0, 0.1) is 11.7 Å². The molecule has 3 rings (SSSR count). The highest BCUT2D eigenvalue weighted by Crippen LogP contribution is 2.48. The van der Waals surface area contributed by atoms with Gasteiger partial charge in [-0.3, -0.25) is 4.79 Å². The SMILES string of the molecule is O=C(OCC1CCCCO1)C1CC1c1ccccc1F. The molecule has 1 aliphatic carbocycles. The molecule has 4 heteroatoms. The number of halogens is 1. The molecule has 3 nitrogen and oxygen atoms in total. The molecular formula is C16H19FO3. The maximum atomic E-state index is 13.6. The normalized spacial score (nSPS) is 28.9. The summed E-state index contributed by atoms with van der Waals surface area (Å²) in [5.74, 6) is -0.651. The maximum Gasteiger partial charge on any atom is 0.309 e. The Kier molecular flexibility index (Phi) is 4.01. The van der Waals surface area contributed by atoms with Crippen LogP contribution in [0.1, 0.15) is 37.2 Å². The van der Waals surface area contributed by atoms with Crippen LogP contribution in [0.25, 0.3) is 0 Å². The average molecular weight is 278 g/mol. The van der Waals surface area contributed by atoms with Gasteiger partial charge in [-0.1, -0.05) is 18.2 Å². The highest BCUT2D eigenvalue weighted by Gasteiger charge is 2.46. The number of carbonyl (C=O) groups excluding carboxylic acids is 1. The number of carbonyl (C=O) groups is 1. The van der Waals surface area contributed by atoms with Crippen molar-refractivity contribution in [3.63, 3.8) is 0 Å². The Balaban J connectivity index is 1.49. The summed E-state index contributed by atoms with van der Waals surface area (Å²) in [7, 11) is 0. The van der Waals surface area contributed by atoms with Gasteiger partial charge in [-0.2, -0.15) is 0 Å². The van der Waals surface area contributed by atoms with Gasteiger partial charge in [-0.25, -0.2) is 4.39 Å². The summed E-state index contributed by atoms with van der Waals surface area (Å²) in [4.78, 5) is 11.9. The molecule has 1 heterocycles. The predicted octanol–water partition coefficient (Wildman–Crippen LogP) is 3.04. The number of hydrogen-bond donors (Lipinski definition) is 0. The lowest BCUT2D eigenvalue weighted by Gasteiger charge is -2.22. The molecule has 0 radical (unpaired) electrons. The molecule has 3 unspecified atom stereocenters. The summed E-state index contributed by atoms with van der Waals surface area (Å²) >= 11 is 0. The molecule has 1 aromatic rings. The van der Waals surface area contributed by atoms with E-state index in [0.717, 1.165) is 25.9 Å². The fourth-order valence-corrected chi connectivity index (χ4v) is 2.80. The summed E-state index contributed by atoms with van der Waals surface area (Å²) in [6, 6.07) is 6.65. The van der Waals surface area contributed by atoms with E-state index >= 15 is 0 Å². The smallest absolute Gasteiger partial charge is 0.309 e. The monoisotopic (exact) mass is 278 g/mol. The third-order valence-electron chi connectivity index (χ3n) is 4.08. The molecule has 1 saturated carbocycles. The summed E-state index contributed by atoms with van der Waals surface area (Å²) in [6.45, 7) is 1.09. The molecular weight excluding hydrogens is 259 g/mol. The molecule has 1 aromatic carbocycles. The minimum atomic E-state index is -0.233. The van der Waals surface area contributed by atoms with Crippen molar-refractivity contribution in [2.45, 2.75) is 37.7 Å². The van der Waals surface area contributed by atoms with Crippen molar-refractivity contribution >= 4 is 5.97 Å². The van der Waals surface area contributed by atoms with E-state index < -0.39 is 0 Å². The zero-order valence-electron chi connectivity index (χ0n) is 11.4. The first-order chi connectivity index (χ1) is 9.75. The Hall–Kier alpha value is -1.42. The first kappa shape index (κ1) is 13.6. The van der Waals surface area contributed by atoms with Crippen LogP contribution in [-0.2, 0) is 14.3 Å². The van der Waals surface area contributed by atoms with E-state index in [2.05, 4.69) is 0 Å². The fourth-order valence-electron chi connectivity index (χ4n) is 2.80. The molecule has 0 aromatic heterocycles. The van der Waals surface area contributed by atoms with E-state index in [-0.39, 0.29) is 29.7 Å². The minimum Gasteiger partial charge on any atom is -0.463 e. The molecule has 2 fully saturated rings. The van der Waals surface area contributed by atoms with Crippen LogP contribution < -0.4 is 0 Å². The predicted molar refractivity (Wildman–Crippen MR) is 71.8 cm³/mol. The van der Waals surface area contributed by atoms with Crippen molar-refractivity contribution in [3.05, 3.63) is 35.6 Å². The third-order valence-corrected chi connectivity index (χ3v) is 4.08. The maximum absolute atomic E-state index is 13.6. The first-order valence-electron chi connectivity index (χ1n) is 7.28. The van der Waals surface area contributed by atoms with Crippen molar-refractivity contribution in [3.8, 4) is 0 Å². The molecule has 2 aliphatic rings. The Morgan fingerprint density at radius 3 is 2.95 bits per heavy atom. The molecule has 0 bridgehead atoms. The topological polar surface area (TPSA) is 35.5 Å². The second-order valence-corrected chi connectivity index (χ2v) is 5.59. The molecule has 1 aliphatic heterocycles. The van der Waals surface area contributed by atoms with Gasteiger partial charge in [0.1, 0.15) is 12.4 Å². The lowest BCUT2D eigenvalue weighted by Crippen LogP contribution is -2.26. The molecule has 0 N–H and O–H groups in total. The Bertz CT molecular complexity index is 482. The molecule has 3 atom stereocenters. The van der Waals surface area contributed by atoms with Crippen molar-refractivity contribution in [1.82, 2.24) is 0 Å². The van der Waals surface area contributed by atoms with Gasteiger partial charge in [0, 0.05) is 12.5 Å². The molecule has 0 spiro atoms. The summed E-state index contributed by atoms with van der Waals surface area (Å²) in [5.41, 5.74) is 0.628. The highest BCUT2D eigenvalue weighted by molar-refractivity contribution is 5.77. The van der Waals surface area contributed by atoms with Crippen molar-refractivity contribution in [1.29, 1.82) is 0 Å². The van der Waals surface area contributed by atoms with E-state index in [1.165, 1.54) is 6.07 Å². The van der Waals surface area contributed by atoms with Gasteiger partial charge in [0.15, 0.2) is 0 Å². The van der Waals surface area contributed by atoms with Crippen LogP contribution in [0.3, 0.4) is 0 Å². The van der Waals surface area contributed by atoms with Gasteiger partial charge in [0.2, 0.25) is 0 Å². The van der Waals surface area contributed by atoms with Crippen LogP contribution >= 0.6 is 0 Å². The number of ether oxygens (including phenoxy) is 2. The first-order valence-corrected chi connectivity index (χ1v) is 7.28. The van der Waals surface area contributed by atoms with Crippen LogP contribution in [0.2, 0.25) is 0 Å². The fraction of sp³-hybridized carbons (Fsp3) is 0.562. The van der Waals surface area contributed by atoms with E-state index in [1.807, 2.05) is 0 Å². The van der Waals surface area contributed by atoms with Gasteiger partial charge in [-0.15, -0.1) is 0 Å². The summed E-state index contributed by atoms with van der Waals surface area (Å²) < 4.78 is 24.5. The van der Waals surface area contributed by atoms with Gasteiger partial charge in [-0.05, 0) is 37.3 Å². The van der Waals surface area contributed by atoms with Gasteiger partial charge in [0.05, 0.1) is 12.0 Å². The third kappa shape index (κ3) is 3.01. The molecule has 108 valence electrons. The zero-order chi connectivity index (χ0) is 13.9. The van der Waals surface area contributed by atoms with E-state index in [4.69, 9.17) is 9.47 Å². The number of benzene rings is 1. The standard InChI is InChI=1S/C16H19FO3/c17-15-7-2-1-6-12(15)13-9-14(13)16(18)20-10-11-5-3-4-8-19-11/h1-2,6-7,11,13-14H,3-5,8-10H2. The lowest BCUT2D eigenvalue weighted by molar-refractivity contribution is -0.150. The largest absolute Gasteiger partial charge is 0.463 e. The van der Waals surface area contributed by atoms with E-state index in [9.17, 15) is 9.18 Å². The quantitative estimate of drug-likeness (QED) is 0.794. The Morgan fingerprint density at radius 2 is 2.20 bits per heavy atom. The summed E-state index contributed by atoms with van der Waals surface area (Å²) in [6.07, 6.45) is 3.89. The van der Waals surface area contributed by atoms with Crippen molar-refractivity contribution < 1.29 is 18.7 Å². The lowest BCUT2D eigenvalue weighted by atomic mass is 10.1. The van der Waals surface area contributed by atoms with E-state index in [1.54, 1.807) is 18.2 Å². The van der Waals surface area contributed by atoms with Crippen LogP contribution in [0.15, 0.2) is 24.3 Å². The van der Waals surface area contributed by atoms with Gasteiger partial charge < -0.3 is 9.47 Å². The van der Waals surface area contributed by atoms with E-state index in [0.29, 0.717) is 18.6 Å². The summed E-state index contributed by atoms with van der Waals surface area (Å²) in [5, 5.41) is 0. The Labute approximate surface area is 118 Å². The van der Waals surface area contributed by atoms with Crippen LogP contribution in [-0.4, -0.2) is 25.3 Å². The van der Waals surface area contributed by atoms with Crippen molar-refractivity contribution in [2.75, 3.05) is 13.2 Å². The average Bonchev–Trinajstić information content (AvgIpc) is 3.27. The highest BCUT2D eigenvalue weighted by atomic mass is 19.1. The van der Waals surface area contributed by atoms with Crippen LogP contribution in [0.5, 0.6) is 0 Å². The van der Waals surface area contributed by atoms with Crippen LogP contribution in [0.4, 0.5) is 4.39 Å². The van der Waals surface area contributed by atoms with Gasteiger partial charge >= 0.3 is 5.97 Å². The molecule has 1 saturated heterocycles. The molecule has 20 heavy (non-hydrogen) atoms. The number of hydrogen-bond acceptors (Lipinski definition) is 3. The second kappa shape index (κ2) is 5.92. The number of esters is 1. The number of rotatable bonds is 4. The van der Waals surface area contributed by atoms with Gasteiger partial charge in [0.25, 0.3) is 0 Å². The van der Waals surface area contributed by atoms with Crippen molar-refractivity contribution in [2.24, 2.45) is 5.92 Å². The Morgan fingerprint density at radius 1 is 1.35 bits per heavy atom. The minimum absolute atomic E-state index is 0.0176. The second-order valence-electron chi connectivity index (χ2n) is 5.59.